The Kier molecular flexibility index (Phi) is 5.54. The second kappa shape index (κ2) is 9.50. The summed E-state index contributed by atoms with van der Waals surface area (Å²) >= 11 is 0. The highest BCUT2D eigenvalue weighted by atomic mass is 16.3. The van der Waals surface area contributed by atoms with Crippen molar-refractivity contribution in [3.8, 4) is 27.9 Å². The van der Waals surface area contributed by atoms with Crippen molar-refractivity contribution in [1.82, 2.24) is 9.27 Å². The molecule has 2 aliphatic heterocycles. The molecule has 2 spiro atoms. The van der Waals surface area contributed by atoms with E-state index in [0.29, 0.717) is 11.8 Å². The van der Waals surface area contributed by atoms with E-state index in [4.69, 9.17) is 4.42 Å². The van der Waals surface area contributed by atoms with Crippen molar-refractivity contribution < 1.29 is 4.42 Å². The van der Waals surface area contributed by atoms with Crippen LogP contribution in [0.1, 0.15) is 120 Å². The summed E-state index contributed by atoms with van der Waals surface area (Å²) < 4.78 is 11.5. The molecular weight excluding hydrogens is 599 g/mol. The van der Waals surface area contributed by atoms with Gasteiger partial charge in [0, 0.05) is 32.6 Å². The molecule has 4 aromatic carbocycles. The van der Waals surface area contributed by atoms with Crippen molar-refractivity contribution in [1.29, 1.82) is 0 Å². The smallest absolute Gasteiger partial charge is 0.358 e. The van der Waals surface area contributed by atoms with Gasteiger partial charge in [0.1, 0.15) is 11.2 Å². The zero-order chi connectivity index (χ0) is 33.0. The lowest BCUT2D eigenvalue weighted by molar-refractivity contribution is 0.311. The Morgan fingerprint density at radius 3 is 2.14 bits per heavy atom. The Morgan fingerprint density at radius 1 is 0.735 bits per heavy atom. The van der Waals surface area contributed by atoms with Crippen molar-refractivity contribution in [3.05, 3.63) is 99.5 Å². The molecule has 0 N–H and O–H groups in total. The molecule has 4 heterocycles. The van der Waals surface area contributed by atoms with Gasteiger partial charge in [-0.05, 0) is 107 Å². The van der Waals surface area contributed by atoms with E-state index in [0.717, 1.165) is 34.8 Å². The van der Waals surface area contributed by atoms with Crippen LogP contribution in [-0.4, -0.2) is 16.1 Å². The molecule has 0 saturated heterocycles. The predicted octanol–water partition coefficient (Wildman–Crippen LogP) is 9.43. The second-order valence-electron chi connectivity index (χ2n) is 16.8. The molecule has 49 heavy (non-hydrogen) atoms. The molecule has 6 aromatic rings. The molecular formula is C44H43BN2O2. The summed E-state index contributed by atoms with van der Waals surface area (Å²) in [7, 11) is 0. The lowest BCUT2D eigenvalue weighted by atomic mass is 9.54. The van der Waals surface area contributed by atoms with Gasteiger partial charge in [0.15, 0.2) is 0 Å². The summed E-state index contributed by atoms with van der Waals surface area (Å²) in [5.41, 5.74) is 16.4. The van der Waals surface area contributed by atoms with E-state index in [9.17, 15) is 0 Å². The van der Waals surface area contributed by atoms with Crippen LogP contribution in [0.15, 0.2) is 75.9 Å². The Bertz CT molecular complexity index is 2450. The predicted molar refractivity (Wildman–Crippen MR) is 202 cm³/mol. The van der Waals surface area contributed by atoms with Gasteiger partial charge in [0.05, 0.1) is 11.4 Å². The molecule has 2 saturated carbocycles. The first kappa shape index (κ1) is 28.6. The zero-order valence-electron chi connectivity index (χ0n) is 29.2. The van der Waals surface area contributed by atoms with Crippen LogP contribution in [-0.2, 0) is 10.8 Å². The van der Waals surface area contributed by atoms with Crippen LogP contribution in [0, 0.1) is 0 Å². The number of aromatic nitrogens is 2. The van der Waals surface area contributed by atoms with Gasteiger partial charge in [-0.1, -0.05) is 95.8 Å². The molecule has 2 aromatic heterocycles. The lowest BCUT2D eigenvalue weighted by Crippen LogP contribution is -2.48. The molecule has 0 atom stereocenters. The molecule has 5 heteroatoms. The molecule has 244 valence electrons. The first-order valence-corrected chi connectivity index (χ1v) is 19.0. The Labute approximate surface area is 288 Å². The molecule has 0 radical (unpaired) electrons. The van der Waals surface area contributed by atoms with Crippen LogP contribution in [0.4, 0.5) is 0 Å². The fraction of sp³-hybridized carbons (Fsp3) is 0.386. The Balaban J connectivity index is 1.29. The topological polar surface area (TPSA) is 40.1 Å². The summed E-state index contributed by atoms with van der Waals surface area (Å²) in [6.45, 7) is 9.10. The molecule has 0 bridgehead atoms. The van der Waals surface area contributed by atoms with E-state index in [-0.39, 0.29) is 23.2 Å². The minimum absolute atomic E-state index is 0.0313. The molecule has 2 fully saturated rings. The third kappa shape index (κ3) is 3.40. The summed E-state index contributed by atoms with van der Waals surface area (Å²) in [5, 5.41) is 2.28. The van der Waals surface area contributed by atoms with Crippen LogP contribution in [0.2, 0.25) is 0 Å². The minimum Gasteiger partial charge on any atom is -0.457 e. The van der Waals surface area contributed by atoms with Gasteiger partial charge in [-0.25, -0.2) is 0 Å². The number of nitrogens with zero attached hydrogens (tertiary/aromatic N) is 2. The maximum Gasteiger partial charge on any atom is 0.358 e. The average Bonchev–Trinajstić information content (AvgIpc) is 3.96. The van der Waals surface area contributed by atoms with E-state index in [2.05, 4.69) is 104 Å². The Morgan fingerprint density at radius 2 is 1.43 bits per heavy atom. The minimum atomic E-state index is -0.182. The largest absolute Gasteiger partial charge is 0.457 e. The highest BCUT2D eigenvalue weighted by molar-refractivity contribution is 6.91. The normalized spacial score (nSPS) is 19.0. The fourth-order valence-corrected chi connectivity index (χ4v) is 11.8. The number of hydrogen-bond acceptors (Lipinski definition) is 2. The van der Waals surface area contributed by atoms with E-state index in [1.54, 1.807) is 0 Å². The maximum atomic E-state index is 15.4. The van der Waals surface area contributed by atoms with Crippen molar-refractivity contribution in [2.45, 2.75) is 108 Å². The third-order valence-electron chi connectivity index (χ3n) is 13.6. The molecule has 11 rings (SSSR count). The molecule has 0 unspecified atom stereocenters. The second-order valence-corrected chi connectivity index (χ2v) is 16.8. The third-order valence-corrected chi connectivity index (χ3v) is 13.6. The number of para-hydroxylation sites is 1. The molecule has 4 nitrogen and oxygen atoms in total. The van der Waals surface area contributed by atoms with Crippen molar-refractivity contribution in [2.75, 3.05) is 0 Å². The quantitative estimate of drug-likeness (QED) is 0.180. The van der Waals surface area contributed by atoms with Gasteiger partial charge in [0.25, 0.3) is 5.56 Å². The van der Waals surface area contributed by atoms with Gasteiger partial charge in [-0.15, -0.1) is 0 Å². The van der Waals surface area contributed by atoms with E-state index in [1.807, 2.05) is 0 Å². The number of rotatable bonds is 3. The number of benzene rings is 4. The lowest BCUT2D eigenvalue weighted by Gasteiger charge is -2.30. The van der Waals surface area contributed by atoms with Gasteiger partial charge < -0.3 is 4.42 Å². The van der Waals surface area contributed by atoms with Crippen molar-refractivity contribution in [2.24, 2.45) is 0 Å². The number of furan rings is 1. The molecule has 5 aliphatic rings. The van der Waals surface area contributed by atoms with Crippen molar-refractivity contribution >= 4 is 39.7 Å². The number of fused-ring (bicyclic) bond motifs is 14. The average molecular weight is 643 g/mol. The van der Waals surface area contributed by atoms with Gasteiger partial charge >= 0.3 is 6.85 Å². The maximum absolute atomic E-state index is 15.4. The van der Waals surface area contributed by atoms with Crippen LogP contribution >= 0.6 is 0 Å². The van der Waals surface area contributed by atoms with Crippen molar-refractivity contribution in [3.63, 3.8) is 0 Å². The van der Waals surface area contributed by atoms with Crippen LogP contribution in [0.25, 0.3) is 49.9 Å². The fourth-order valence-electron chi connectivity index (χ4n) is 11.8. The number of hydrogen-bond donors (Lipinski definition) is 0. The summed E-state index contributed by atoms with van der Waals surface area (Å²) in [6, 6.07) is 24.8. The van der Waals surface area contributed by atoms with E-state index >= 15 is 4.79 Å². The molecule has 3 aliphatic carbocycles. The van der Waals surface area contributed by atoms with E-state index < -0.39 is 0 Å². The highest BCUT2D eigenvalue weighted by Crippen LogP contribution is 2.62. The summed E-state index contributed by atoms with van der Waals surface area (Å²) in [6.07, 6.45) is 10.9. The van der Waals surface area contributed by atoms with Crippen LogP contribution in [0.5, 0.6) is 0 Å². The van der Waals surface area contributed by atoms with Gasteiger partial charge in [-0.3, -0.25) is 14.1 Å². The summed E-state index contributed by atoms with van der Waals surface area (Å²) in [4.78, 5) is 15.4. The summed E-state index contributed by atoms with van der Waals surface area (Å²) in [5.74, 6) is 0.785. The van der Waals surface area contributed by atoms with Gasteiger partial charge in [-0.2, -0.15) is 0 Å². The SMILES string of the molecule is CC(C)c1cccc(C(C)C)c1-c1cc2c3c(c1)-n1c4c(c(=O)n1B3c1c-2ccc2c1oc1ccccc12)C1(CCCC1)CC41CCCC1. The van der Waals surface area contributed by atoms with Crippen LogP contribution < -0.4 is 16.5 Å². The first-order valence-electron chi connectivity index (χ1n) is 19.0. The standard InChI is InChI=1S/C44H43BN2O2/c1-25(2)28-13-11-14-29(26(3)4)36(28)27-22-33-31-16-17-32-30-12-5-6-15-35(30)49-40(32)39(31)45-38(33)34(23-27)46-41-37(42(48)47(45)46)43(18-7-8-19-43)24-44(41)20-9-10-21-44/h5-6,11-17,22-23,25-26H,7-10,18-21,24H2,1-4H3. The van der Waals surface area contributed by atoms with Gasteiger partial charge in [0.2, 0.25) is 0 Å². The van der Waals surface area contributed by atoms with Crippen LogP contribution in [0.3, 0.4) is 0 Å². The highest BCUT2D eigenvalue weighted by Gasteiger charge is 2.60. The van der Waals surface area contributed by atoms with E-state index in [1.165, 1.54) is 106 Å². The zero-order valence-corrected chi connectivity index (χ0v) is 29.2. The Hall–Kier alpha value is -4.25. The molecule has 0 amide bonds. The first-order chi connectivity index (χ1) is 23.8. The monoisotopic (exact) mass is 642 g/mol.